The minimum absolute atomic E-state index is 0. The fourth-order valence-corrected chi connectivity index (χ4v) is 2.86. The number of aliphatic imine (C=N–C) groups is 1. The lowest BCUT2D eigenvalue weighted by atomic mass is 10.0. The van der Waals surface area contributed by atoms with Crippen molar-refractivity contribution in [1.82, 2.24) is 30.7 Å². The van der Waals surface area contributed by atoms with Crippen molar-refractivity contribution < 1.29 is 9.15 Å². The topological polar surface area (TPSA) is 104 Å². The normalized spacial score (nSPS) is 16.0. The number of guanidine groups is 1. The van der Waals surface area contributed by atoms with Crippen molar-refractivity contribution in [2.75, 3.05) is 39.9 Å². The second kappa shape index (κ2) is 10.0. The van der Waals surface area contributed by atoms with E-state index in [1.807, 2.05) is 12.1 Å². The molecule has 27 heavy (non-hydrogen) atoms. The molecule has 9 nitrogen and oxygen atoms in total. The third-order valence-electron chi connectivity index (χ3n) is 4.48. The molecular formula is C17H28IN7O2. The maximum Gasteiger partial charge on any atom is 0.216 e. The number of nitrogens with one attached hydrogen (secondary N) is 3. The Morgan fingerprint density at radius 3 is 2.78 bits per heavy atom. The Kier molecular flexibility index (Phi) is 8.05. The molecule has 0 spiro atoms. The van der Waals surface area contributed by atoms with Crippen LogP contribution in [0.2, 0.25) is 0 Å². The summed E-state index contributed by atoms with van der Waals surface area (Å²) < 4.78 is 10.7. The summed E-state index contributed by atoms with van der Waals surface area (Å²) >= 11 is 0. The van der Waals surface area contributed by atoms with Gasteiger partial charge in [-0.3, -0.25) is 15.0 Å². The first kappa shape index (κ1) is 21.6. The summed E-state index contributed by atoms with van der Waals surface area (Å²) in [6, 6.07) is 3.64. The lowest BCUT2D eigenvalue weighted by Gasteiger charge is -2.41. The Bertz CT molecular complexity index is 709. The molecule has 150 valence electrons. The molecule has 0 radical (unpaired) electrons. The first-order chi connectivity index (χ1) is 12.6. The van der Waals surface area contributed by atoms with Gasteiger partial charge in [-0.2, -0.15) is 0 Å². The minimum atomic E-state index is 0. The monoisotopic (exact) mass is 489 g/mol. The van der Waals surface area contributed by atoms with Crippen molar-refractivity contribution in [2.24, 2.45) is 4.99 Å². The molecule has 2 aromatic heterocycles. The number of aromatic amines is 1. The van der Waals surface area contributed by atoms with Crippen LogP contribution in [0.15, 0.2) is 27.8 Å². The van der Waals surface area contributed by atoms with Gasteiger partial charge in [0, 0.05) is 32.2 Å². The zero-order valence-electron chi connectivity index (χ0n) is 16.0. The number of hydrogen-bond donors (Lipinski definition) is 3. The molecule has 0 saturated carbocycles. The average molecular weight is 489 g/mol. The summed E-state index contributed by atoms with van der Waals surface area (Å²) in [5, 5.41) is 13.7. The Morgan fingerprint density at radius 2 is 2.11 bits per heavy atom. The fraction of sp³-hybridized carbons (Fsp3) is 0.588. The Hall–Kier alpha value is -1.66. The van der Waals surface area contributed by atoms with Gasteiger partial charge in [-0.25, -0.2) is 4.98 Å². The molecule has 10 heteroatoms. The number of furan rings is 1. The molecule has 1 aliphatic rings. The zero-order valence-corrected chi connectivity index (χ0v) is 18.3. The van der Waals surface area contributed by atoms with Crippen molar-refractivity contribution in [2.45, 2.75) is 25.9 Å². The summed E-state index contributed by atoms with van der Waals surface area (Å²) in [7, 11) is 1.76. The molecule has 3 heterocycles. The van der Waals surface area contributed by atoms with Gasteiger partial charge in [0.15, 0.2) is 11.7 Å². The highest BCUT2D eigenvalue weighted by atomic mass is 127. The molecule has 0 unspecified atom stereocenters. The number of hydrogen-bond acceptors (Lipinski definition) is 6. The molecule has 2 aromatic rings. The Labute approximate surface area is 176 Å². The molecule has 0 aliphatic carbocycles. The van der Waals surface area contributed by atoms with Crippen LogP contribution in [0.25, 0.3) is 11.6 Å². The average Bonchev–Trinajstić information content (AvgIpc) is 3.34. The van der Waals surface area contributed by atoms with E-state index in [1.54, 1.807) is 13.3 Å². The lowest BCUT2D eigenvalue weighted by molar-refractivity contribution is -0.00834. The second-order valence-electron chi connectivity index (χ2n) is 6.77. The molecule has 1 aliphatic heterocycles. The highest BCUT2D eigenvalue weighted by molar-refractivity contribution is 14.0. The third kappa shape index (κ3) is 5.91. The largest absolute Gasteiger partial charge is 0.461 e. The van der Waals surface area contributed by atoms with Crippen LogP contribution in [-0.4, -0.2) is 71.5 Å². The number of nitrogens with zero attached hydrogens (tertiary/aromatic N) is 4. The van der Waals surface area contributed by atoms with Gasteiger partial charge < -0.3 is 19.8 Å². The van der Waals surface area contributed by atoms with Crippen LogP contribution in [-0.2, 0) is 11.3 Å². The van der Waals surface area contributed by atoms with E-state index in [2.05, 4.69) is 49.6 Å². The van der Waals surface area contributed by atoms with Gasteiger partial charge in [-0.1, -0.05) is 0 Å². The van der Waals surface area contributed by atoms with Crippen LogP contribution in [0, 0.1) is 0 Å². The number of rotatable bonds is 6. The first-order valence-corrected chi connectivity index (χ1v) is 8.81. The SMILES string of the molecule is CN=C(NCc1nc(-c2ccco2)n[nH]1)NCC(C)(C)N1CCOCC1.I. The van der Waals surface area contributed by atoms with Gasteiger partial charge in [0.2, 0.25) is 5.82 Å². The molecule has 0 bridgehead atoms. The van der Waals surface area contributed by atoms with E-state index in [4.69, 9.17) is 9.15 Å². The van der Waals surface area contributed by atoms with E-state index in [-0.39, 0.29) is 29.5 Å². The third-order valence-corrected chi connectivity index (χ3v) is 4.48. The van der Waals surface area contributed by atoms with E-state index in [9.17, 15) is 0 Å². The molecule has 3 rings (SSSR count). The van der Waals surface area contributed by atoms with E-state index in [0.717, 1.165) is 38.8 Å². The van der Waals surface area contributed by atoms with Crippen molar-refractivity contribution in [1.29, 1.82) is 0 Å². The van der Waals surface area contributed by atoms with Crippen molar-refractivity contribution in [3.63, 3.8) is 0 Å². The number of halogens is 1. The van der Waals surface area contributed by atoms with Crippen molar-refractivity contribution in [3.05, 3.63) is 24.2 Å². The van der Waals surface area contributed by atoms with Crippen molar-refractivity contribution >= 4 is 29.9 Å². The zero-order chi connectivity index (χ0) is 18.4. The molecule has 0 atom stereocenters. The van der Waals surface area contributed by atoms with Crippen LogP contribution in [0.5, 0.6) is 0 Å². The van der Waals surface area contributed by atoms with Gasteiger partial charge >= 0.3 is 0 Å². The second-order valence-corrected chi connectivity index (χ2v) is 6.77. The van der Waals surface area contributed by atoms with Crippen LogP contribution in [0.4, 0.5) is 0 Å². The fourth-order valence-electron chi connectivity index (χ4n) is 2.86. The van der Waals surface area contributed by atoms with E-state index in [0.29, 0.717) is 24.0 Å². The van der Waals surface area contributed by atoms with Gasteiger partial charge in [0.05, 0.1) is 26.0 Å². The molecule has 0 aromatic carbocycles. The smallest absolute Gasteiger partial charge is 0.216 e. The summed E-state index contributed by atoms with van der Waals surface area (Å²) in [5.74, 6) is 2.62. The molecule has 0 amide bonds. The summed E-state index contributed by atoms with van der Waals surface area (Å²) in [6.07, 6.45) is 1.60. The maximum atomic E-state index is 5.44. The number of aromatic nitrogens is 3. The number of morpholine rings is 1. The quantitative estimate of drug-likeness (QED) is 0.321. The summed E-state index contributed by atoms with van der Waals surface area (Å²) in [5.41, 5.74) is 0.0140. The number of ether oxygens (including phenoxy) is 1. The van der Waals surface area contributed by atoms with Crippen LogP contribution in [0.1, 0.15) is 19.7 Å². The summed E-state index contributed by atoms with van der Waals surface area (Å²) in [6.45, 7) is 9.21. The van der Waals surface area contributed by atoms with E-state index in [1.165, 1.54) is 0 Å². The molecule has 1 saturated heterocycles. The van der Waals surface area contributed by atoms with Gasteiger partial charge in [0.25, 0.3) is 0 Å². The van der Waals surface area contributed by atoms with E-state index < -0.39 is 0 Å². The molecule has 1 fully saturated rings. The highest BCUT2D eigenvalue weighted by Gasteiger charge is 2.28. The van der Waals surface area contributed by atoms with Gasteiger partial charge in [-0.05, 0) is 26.0 Å². The minimum Gasteiger partial charge on any atom is -0.461 e. The first-order valence-electron chi connectivity index (χ1n) is 8.81. The van der Waals surface area contributed by atoms with E-state index >= 15 is 0 Å². The van der Waals surface area contributed by atoms with Crippen LogP contribution in [0.3, 0.4) is 0 Å². The molecule has 3 N–H and O–H groups in total. The standard InChI is InChI=1S/C17H27N7O2.HI/c1-17(2,24-6-9-25-10-7-24)12-20-16(18-3)19-11-14-21-15(23-22-14)13-5-4-8-26-13;/h4-5,8H,6-7,9-12H2,1-3H3,(H2,18,19,20)(H,21,22,23);1H. The van der Waals surface area contributed by atoms with Gasteiger partial charge in [0.1, 0.15) is 5.82 Å². The summed E-state index contributed by atoms with van der Waals surface area (Å²) in [4.78, 5) is 11.1. The predicted octanol–water partition coefficient (Wildman–Crippen LogP) is 1.46. The van der Waals surface area contributed by atoms with Crippen LogP contribution < -0.4 is 10.6 Å². The Balaban J connectivity index is 0.00000261. The molecular weight excluding hydrogens is 461 g/mol. The maximum absolute atomic E-state index is 5.44. The van der Waals surface area contributed by atoms with Crippen molar-refractivity contribution in [3.8, 4) is 11.6 Å². The number of H-pyrrole nitrogens is 1. The predicted molar refractivity (Wildman–Crippen MR) is 114 cm³/mol. The van der Waals surface area contributed by atoms with Crippen LogP contribution >= 0.6 is 24.0 Å². The lowest BCUT2D eigenvalue weighted by Crippen LogP contribution is -2.56. The Morgan fingerprint density at radius 1 is 1.33 bits per heavy atom. The van der Waals surface area contributed by atoms with Gasteiger partial charge in [-0.15, -0.1) is 29.1 Å². The highest BCUT2D eigenvalue weighted by Crippen LogP contribution is 2.15.